The van der Waals surface area contributed by atoms with Gasteiger partial charge in [-0.25, -0.2) is 4.98 Å². The van der Waals surface area contributed by atoms with Crippen molar-refractivity contribution in [1.82, 2.24) is 14.9 Å². The molecule has 1 aromatic heterocycles. The number of aromatic nitrogens is 2. The van der Waals surface area contributed by atoms with Crippen LogP contribution >= 0.6 is 0 Å². The topological polar surface area (TPSA) is 49.0 Å². The maximum atomic E-state index is 11.7. The van der Waals surface area contributed by atoms with Crippen molar-refractivity contribution in [2.24, 2.45) is 0 Å². The zero-order valence-corrected chi connectivity index (χ0v) is 15.7. The van der Waals surface area contributed by atoms with Crippen molar-refractivity contribution in [2.75, 3.05) is 13.1 Å². The van der Waals surface area contributed by atoms with Crippen LogP contribution in [0.15, 0.2) is 65.5 Å². The van der Waals surface area contributed by atoms with Crippen molar-refractivity contribution < 1.29 is 0 Å². The highest BCUT2D eigenvalue weighted by atomic mass is 16.1. The minimum Gasteiger partial charge on any atom is -0.311 e. The van der Waals surface area contributed by atoms with Crippen LogP contribution in [-0.2, 0) is 6.54 Å². The number of aryl methyl sites for hydroxylation is 1. The van der Waals surface area contributed by atoms with Gasteiger partial charge in [0.05, 0.1) is 5.69 Å². The first-order valence-electron chi connectivity index (χ1n) is 9.62. The fourth-order valence-corrected chi connectivity index (χ4v) is 3.89. The Morgan fingerprint density at radius 2 is 1.67 bits per heavy atom. The smallest absolute Gasteiger partial charge is 0.251 e. The van der Waals surface area contributed by atoms with E-state index in [9.17, 15) is 4.79 Å². The average Bonchev–Trinajstić information content (AvgIpc) is 2.69. The summed E-state index contributed by atoms with van der Waals surface area (Å²) >= 11 is 0. The van der Waals surface area contributed by atoms with E-state index in [0.717, 1.165) is 38.2 Å². The maximum absolute atomic E-state index is 11.7. The normalized spacial score (nSPS) is 15.7. The van der Waals surface area contributed by atoms with Crippen LogP contribution in [0.2, 0.25) is 0 Å². The molecule has 0 amide bonds. The van der Waals surface area contributed by atoms with E-state index >= 15 is 0 Å². The molecule has 4 rings (SSSR count). The van der Waals surface area contributed by atoms with Gasteiger partial charge in [-0.15, -0.1) is 0 Å². The van der Waals surface area contributed by atoms with Crippen molar-refractivity contribution in [2.45, 2.75) is 32.2 Å². The Bertz CT molecular complexity index is 939. The highest BCUT2D eigenvalue weighted by Gasteiger charge is 2.22. The van der Waals surface area contributed by atoms with E-state index in [4.69, 9.17) is 0 Å². The summed E-state index contributed by atoms with van der Waals surface area (Å²) in [6, 6.07) is 21.0. The lowest BCUT2D eigenvalue weighted by Gasteiger charge is -2.31. The largest absolute Gasteiger partial charge is 0.311 e. The molecule has 2 aromatic carbocycles. The Hall–Kier alpha value is -2.72. The fourth-order valence-electron chi connectivity index (χ4n) is 3.89. The van der Waals surface area contributed by atoms with Gasteiger partial charge in [0.25, 0.3) is 5.56 Å². The number of hydrogen-bond donors (Lipinski definition) is 1. The number of rotatable bonds is 4. The first kappa shape index (κ1) is 17.7. The molecule has 0 radical (unpaired) electrons. The molecule has 138 valence electrons. The van der Waals surface area contributed by atoms with Crippen LogP contribution in [-0.4, -0.2) is 28.0 Å². The van der Waals surface area contributed by atoms with E-state index in [1.165, 1.54) is 16.7 Å². The third-order valence-electron chi connectivity index (χ3n) is 5.35. The summed E-state index contributed by atoms with van der Waals surface area (Å²) < 4.78 is 0. The number of aromatic amines is 1. The summed E-state index contributed by atoms with van der Waals surface area (Å²) in [5.41, 5.74) is 4.76. The molecule has 0 saturated carbocycles. The van der Waals surface area contributed by atoms with Gasteiger partial charge >= 0.3 is 0 Å². The number of H-pyrrole nitrogens is 1. The Balaban J connectivity index is 1.36. The molecular weight excluding hydrogens is 334 g/mol. The molecule has 0 aliphatic carbocycles. The van der Waals surface area contributed by atoms with Gasteiger partial charge in [-0.1, -0.05) is 54.6 Å². The molecular formula is C23H25N3O. The molecule has 27 heavy (non-hydrogen) atoms. The molecule has 0 spiro atoms. The lowest BCUT2D eigenvalue weighted by atomic mass is 9.93. The van der Waals surface area contributed by atoms with Crippen molar-refractivity contribution in [3.05, 3.63) is 88.1 Å². The second-order valence-corrected chi connectivity index (χ2v) is 7.37. The fraction of sp³-hybridized carbons (Fsp3) is 0.304. The molecule has 0 bridgehead atoms. The van der Waals surface area contributed by atoms with Crippen molar-refractivity contribution in [3.8, 4) is 11.1 Å². The summed E-state index contributed by atoms with van der Waals surface area (Å²) in [6.07, 6.45) is 2.11. The highest BCUT2D eigenvalue weighted by Crippen LogP contribution is 2.27. The van der Waals surface area contributed by atoms with E-state index in [1.807, 2.05) is 13.0 Å². The molecule has 1 N–H and O–H groups in total. The van der Waals surface area contributed by atoms with E-state index in [0.29, 0.717) is 11.7 Å². The number of likely N-dealkylation sites (tertiary alicyclic amines) is 1. The van der Waals surface area contributed by atoms with Gasteiger partial charge in [-0.05, 0) is 49.5 Å². The molecule has 4 nitrogen and oxygen atoms in total. The van der Waals surface area contributed by atoms with Gasteiger partial charge in [-0.3, -0.25) is 9.69 Å². The number of piperidine rings is 1. The second kappa shape index (κ2) is 7.89. The van der Waals surface area contributed by atoms with Crippen molar-refractivity contribution in [1.29, 1.82) is 0 Å². The van der Waals surface area contributed by atoms with E-state index in [-0.39, 0.29) is 5.56 Å². The number of benzene rings is 2. The quantitative estimate of drug-likeness (QED) is 0.762. The Morgan fingerprint density at radius 3 is 2.33 bits per heavy atom. The van der Waals surface area contributed by atoms with Gasteiger partial charge in [0, 0.05) is 18.5 Å². The standard InChI is InChI=1S/C23H25N3O/c1-17-24-22(15-23(27)25-17)21-11-13-26(14-12-21)16-18-7-9-20(10-8-18)19-5-3-2-4-6-19/h2-10,15,21H,11-14,16H2,1H3,(H,24,25,27). The summed E-state index contributed by atoms with van der Waals surface area (Å²) in [5.74, 6) is 1.10. The lowest BCUT2D eigenvalue weighted by molar-refractivity contribution is 0.203. The van der Waals surface area contributed by atoms with E-state index in [1.54, 1.807) is 6.07 Å². The molecule has 2 heterocycles. The van der Waals surface area contributed by atoms with Crippen LogP contribution in [0.3, 0.4) is 0 Å². The van der Waals surface area contributed by atoms with Crippen molar-refractivity contribution >= 4 is 0 Å². The van der Waals surface area contributed by atoms with Crippen LogP contribution in [0.5, 0.6) is 0 Å². The van der Waals surface area contributed by atoms with Gasteiger partial charge < -0.3 is 4.98 Å². The summed E-state index contributed by atoms with van der Waals surface area (Å²) in [7, 11) is 0. The summed E-state index contributed by atoms with van der Waals surface area (Å²) in [5, 5.41) is 0. The molecule has 1 aliphatic heterocycles. The summed E-state index contributed by atoms with van der Waals surface area (Å²) in [4.78, 5) is 21.4. The third-order valence-corrected chi connectivity index (χ3v) is 5.35. The van der Waals surface area contributed by atoms with E-state index < -0.39 is 0 Å². The van der Waals surface area contributed by atoms with Crippen LogP contribution in [0.1, 0.15) is 35.8 Å². The third kappa shape index (κ3) is 4.34. The molecule has 0 unspecified atom stereocenters. The molecule has 4 heteroatoms. The number of hydrogen-bond acceptors (Lipinski definition) is 3. The molecule has 3 aromatic rings. The predicted octanol–water partition coefficient (Wildman–Crippen LogP) is 4.12. The SMILES string of the molecule is Cc1nc(C2CCN(Cc3ccc(-c4ccccc4)cc3)CC2)cc(=O)[nH]1. The van der Waals surface area contributed by atoms with Crippen LogP contribution in [0.4, 0.5) is 0 Å². The van der Waals surface area contributed by atoms with Gasteiger partial charge in [0.1, 0.15) is 5.82 Å². The Kier molecular flexibility index (Phi) is 5.16. The minimum atomic E-state index is -0.0431. The van der Waals surface area contributed by atoms with Gasteiger partial charge in [-0.2, -0.15) is 0 Å². The Morgan fingerprint density at radius 1 is 1.00 bits per heavy atom. The van der Waals surface area contributed by atoms with Gasteiger partial charge in [0.15, 0.2) is 0 Å². The first-order chi connectivity index (χ1) is 13.2. The number of nitrogens with one attached hydrogen (secondary N) is 1. The second-order valence-electron chi connectivity index (χ2n) is 7.37. The zero-order chi connectivity index (χ0) is 18.6. The van der Waals surface area contributed by atoms with Gasteiger partial charge in [0.2, 0.25) is 0 Å². The maximum Gasteiger partial charge on any atom is 0.251 e. The number of nitrogens with zero attached hydrogens (tertiary/aromatic N) is 2. The first-order valence-corrected chi connectivity index (χ1v) is 9.62. The highest BCUT2D eigenvalue weighted by molar-refractivity contribution is 5.63. The minimum absolute atomic E-state index is 0.0431. The summed E-state index contributed by atoms with van der Waals surface area (Å²) in [6.45, 7) is 4.90. The molecule has 1 aliphatic rings. The van der Waals surface area contributed by atoms with Crippen molar-refractivity contribution in [3.63, 3.8) is 0 Å². The zero-order valence-electron chi connectivity index (χ0n) is 15.7. The molecule has 0 atom stereocenters. The predicted molar refractivity (Wildman–Crippen MR) is 109 cm³/mol. The molecule has 1 saturated heterocycles. The monoisotopic (exact) mass is 359 g/mol. The van der Waals surface area contributed by atoms with Crippen LogP contribution in [0.25, 0.3) is 11.1 Å². The van der Waals surface area contributed by atoms with Crippen LogP contribution < -0.4 is 5.56 Å². The van der Waals surface area contributed by atoms with Crippen LogP contribution in [0, 0.1) is 6.92 Å². The van der Waals surface area contributed by atoms with E-state index in [2.05, 4.69) is 63.4 Å². The Labute approximate surface area is 159 Å². The molecule has 1 fully saturated rings. The average molecular weight is 359 g/mol. The lowest BCUT2D eigenvalue weighted by Crippen LogP contribution is -2.33.